The number of aromatic nitrogens is 3. The van der Waals surface area contributed by atoms with Gasteiger partial charge in [-0.15, -0.1) is 34.2 Å². The van der Waals surface area contributed by atoms with Crippen LogP contribution in [0.25, 0.3) is 0 Å². The van der Waals surface area contributed by atoms with Crippen LogP contribution in [0.15, 0.2) is 35.3 Å². The van der Waals surface area contributed by atoms with Gasteiger partial charge in [-0.2, -0.15) is 0 Å². The van der Waals surface area contributed by atoms with Gasteiger partial charge in [0.2, 0.25) is 0 Å². The summed E-state index contributed by atoms with van der Waals surface area (Å²) >= 11 is 0. The van der Waals surface area contributed by atoms with Crippen molar-refractivity contribution in [2.24, 2.45) is 10.9 Å². The molecule has 3 heterocycles. The summed E-state index contributed by atoms with van der Waals surface area (Å²) in [5, 5.41) is 12.3. The topological polar surface area (TPSA) is 67.6 Å². The predicted octanol–water partition coefficient (Wildman–Crippen LogP) is 3.67. The number of nitrogens with one attached hydrogen (secondary N) is 1. The van der Waals surface area contributed by atoms with E-state index in [0.717, 1.165) is 76.2 Å². The summed E-state index contributed by atoms with van der Waals surface area (Å²) in [6, 6.07) is 10.4. The third kappa shape index (κ3) is 6.91. The molecule has 2 aliphatic heterocycles. The number of rotatable bonds is 8. The molecular weight excluding hydrogens is 515 g/mol. The Morgan fingerprint density at radius 3 is 2.88 bits per heavy atom. The van der Waals surface area contributed by atoms with Crippen LogP contribution in [0.1, 0.15) is 49.8 Å². The second kappa shape index (κ2) is 13.1. The van der Waals surface area contributed by atoms with Crippen LogP contribution in [0.5, 0.6) is 0 Å². The lowest BCUT2D eigenvalue weighted by molar-refractivity contribution is 0.0907. The van der Waals surface area contributed by atoms with Crippen molar-refractivity contribution in [3.8, 4) is 0 Å². The Kier molecular flexibility index (Phi) is 10.2. The number of fused-ring (bicyclic) bond motifs is 1. The molecule has 1 N–H and O–H groups in total. The van der Waals surface area contributed by atoms with Crippen molar-refractivity contribution in [1.29, 1.82) is 0 Å². The van der Waals surface area contributed by atoms with Crippen LogP contribution >= 0.6 is 24.0 Å². The highest BCUT2D eigenvalue weighted by Gasteiger charge is 2.25. The molecule has 1 saturated heterocycles. The maximum absolute atomic E-state index is 5.98. The van der Waals surface area contributed by atoms with E-state index in [-0.39, 0.29) is 24.0 Å². The average Bonchev–Trinajstić information content (AvgIpc) is 3.34. The Balaban J connectivity index is 0.00000289. The molecule has 0 aliphatic carbocycles. The fraction of sp³-hybridized carbons (Fsp3) is 0.625. The molecule has 1 aromatic carbocycles. The summed E-state index contributed by atoms with van der Waals surface area (Å²) in [6.07, 6.45) is 6.80. The molecule has 0 saturated carbocycles. The van der Waals surface area contributed by atoms with Crippen LogP contribution in [-0.4, -0.2) is 58.4 Å². The van der Waals surface area contributed by atoms with Crippen LogP contribution in [0, 0.1) is 5.92 Å². The number of benzene rings is 1. The number of hydrogen-bond donors (Lipinski definition) is 1. The number of guanidine groups is 1. The average molecular weight is 553 g/mol. The molecule has 0 radical (unpaired) electrons. The number of ether oxygens (including phenoxy) is 1. The monoisotopic (exact) mass is 552 g/mol. The van der Waals surface area contributed by atoms with E-state index in [1.165, 1.54) is 24.8 Å². The molecule has 0 spiro atoms. The summed E-state index contributed by atoms with van der Waals surface area (Å²) < 4.78 is 8.30. The molecule has 0 amide bonds. The number of nitrogens with zero attached hydrogens (tertiary/aromatic N) is 5. The number of aliphatic imine (C=N–C) groups is 1. The molecule has 32 heavy (non-hydrogen) atoms. The van der Waals surface area contributed by atoms with E-state index < -0.39 is 0 Å². The van der Waals surface area contributed by atoms with E-state index in [0.29, 0.717) is 12.5 Å². The van der Waals surface area contributed by atoms with Crippen molar-refractivity contribution < 1.29 is 4.74 Å². The maximum atomic E-state index is 5.98. The second-order valence-corrected chi connectivity index (χ2v) is 8.58. The minimum Gasteiger partial charge on any atom is -0.376 e. The minimum atomic E-state index is 0. The van der Waals surface area contributed by atoms with Crippen molar-refractivity contribution in [2.75, 3.05) is 32.8 Å². The summed E-state index contributed by atoms with van der Waals surface area (Å²) in [7, 11) is 0. The number of aryl methyl sites for hydroxylation is 1. The first-order chi connectivity index (χ1) is 15.3. The molecule has 2 aromatic rings. The van der Waals surface area contributed by atoms with Crippen molar-refractivity contribution >= 4 is 29.9 Å². The summed E-state index contributed by atoms with van der Waals surface area (Å²) in [5.74, 6) is 3.81. The van der Waals surface area contributed by atoms with Crippen LogP contribution in [0.3, 0.4) is 0 Å². The second-order valence-electron chi connectivity index (χ2n) is 8.58. The molecule has 1 fully saturated rings. The number of halogens is 1. The van der Waals surface area contributed by atoms with Gasteiger partial charge in [0.05, 0.1) is 13.2 Å². The summed E-state index contributed by atoms with van der Waals surface area (Å²) in [4.78, 5) is 7.29. The molecular formula is C24H37IN6O. The molecule has 7 nitrogen and oxygen atoms in total. The van der Waals surface area contributed by atoms with E-state index in [4.69, 9.17) is 9.73 Å². The highest BCUT2D eigenvalue weighted by atomic mass is 127. The van der Waals surface area contributed by atoms with Crippen molar-refractivity contribution in [2.45, 2.75) is 58.6 Å². The first-order valence-corrected chi connectivity index (χ1v) is 11.9. The highest BCUT2D eigenvalue weighted by molar-refractivity contribution is 14.0. The van der Waals surface area contributed by atoms with Gasteiger partial charge in [0.15, 0.2) is 5.96 Å². The van der Waals surface area contributed by atoms with Crippen LogP contribution < -0.4 is 5.32 Å². The van der Waals surface area contributed by atoms with E-state index >= 15 is 0 Å². The molecule has 4 rings (SSSR count). The fourth-order valence-corrected chi connectivity index (χ4v) is 4.50. The summed E-state index contributed by atoms with van der Waals surface area (Å²) in [5.41, 5.74) is 1.23. The zero-order valence-corrected chi connectivity index (χ0v) is 21.5. The van der Waals surface area contributed by atoms with Gasteiger partial charge in [-0.25, -0.2) is 0 Å². The fourth-order valence-electron chi connectivity index (χ4n) is 4.50. The van der Waals surface area contributed by atoms with Crippen LogP contribution in [0.2, 0.25) is 0 Å². The molecule has 1 atom stereocenters. The van der Waals surface area contributed by atoms with Gasteiger partial charge >= 0.3 is 0 Å². The van der Waals surface area contributed by atoms with Gasteiger partial charge in [-0.1, -0.05) is 36.8 Å². The highest BCUT2D eigenvalue weighted by Crippen LogP contribution is 2.18. The van der Waals surface area contributed by atoms with Crippen LogP contribution in [0.4, 0.5) is 0 Å². The van der Waals surface area contributed by atoms with Gasteiger partial charge in [-0.05, 0) is 31.7 Å². The van der Waals surface area contributed by atoms with Gasteiger partial charge in [0.1, 0.15) is 11.6 Å². The first kappa shape index (κ1) is 25.0. The van der Waals surface area contributed by atoms with E-state index in [1.807, 2.05) is 6.07 Å². The molecule has 8 heteroatoms. The molecule has 0 bridgehead atoms. The molecule has 1 aromatic heterocycles. The predicted molar refractivity (Wildman–Crippen MR) is 138 cm³/mol. The lowest BCUT2D eigenvalue weighted by Crippen LogP contribution is -2.40. The van der Waals surface area contributed by atoms with Gasteiger partial charge in [0, 0.05) is 51.5 Å². The standard InChI is InChI=1S/C24H36N6O.HI/c1-2-25-24(26-14-12-23-28-27-22-11-7-4-8-15-30(22)23)29-16-13-21(17-29)19-31-18-20-9-5-3-6-10-20;/h3,5-6,9-10,21H,2,4,7-8,11-19H2,1H3,(H,25,26);1H. The third-order valence-corrected chi connectivity index (χ3v) is 6.17. The first-order valence-electron chi connectivity index (χ1n) is 11.9. The Labute approximate surface area is 209 Å². The lowest BCUT2D eigenvalue weighted by atomic mass is 10.1. The largest absolute Gasteiger partial charge is 0.376 e. The van der Waals surface area contributed by atoms with Crippen molar-refractivity contribution in [3.63, 3.8) is 0 Å². The summed E-state index contributed by atoms with van der Waals surface area (Å²) in [6.45, 7) is 8.33. The van der Waals surface area contributed by atoms with Gasteiger partial charge in [0.25, 0.3) is 0 Å². The van der Waals surface area contributed by atoms with Gasteiger partial charge in [-0.3, -0.25) is 4.99 Å². The van der Waals surface area contributed by atoms with E-state index in [2.05, 4.69) is 56.2 Å². The smallest absolute Gasteiger partial charge is 0.193 e. The van der Waals surface area contributed by atoms with Gasteiger partial charge < -0.3 is 19.5 Å². The minimum absolute atomic E-state index is 0. The van der Waals surface area contributed by atoms with Crippen LogP contribution in [-0.2, 0) is 30.7 Å². The van der Waals surface area contributed by atoms with E-state index in [9.17, 15) is 0 Å². The molecule has 1 unspecified atom stereocenters. The Hall–Kier alpha value is -1.68. The lowest BCUT2D eigenvalue weighted by Gasteiger charge is -2.21. The quantitative estimate of drug-likeness (QED) is 0.308. The third-order valence-electron chi connectivity index (χ3n) is 6.17. The number of hydrogen-bond acceptors (Lipinski definition) is 4. The SMILES string of the molecule is CCNC(=NCCc1nnc2n1CCCCC2)N1CCC(COCc2ccccc2)C1.I. The zero-order chi connectivity index (χ0) is 21.3. The van der Waals surface area contributed by atoms with Crippen molar-refractivity contribution in [3.05, 3.63) is 47.5 Å². The normalized spacial score (nSPS) is 18.7. The van der Waals surface area contributed by atoms with E-state index in [1.54, 1.807) is 0 Å². The zero-order valence-electron chi connectivity index (χ0n) is 19.2. The Morgan fingerprint density at radius 2 is 2.03 bits per heavy atom. The Bertz CT molecular complexity index is 840. The van der Waals surface area contributed by atoms with Crippen molar-refractivity contribution in [1.82, 2.24) is 25.0 Å². The molecule has 2 aliphatic rings. The number of likely N-dealkylation sites (tertiary alicyclic amines) is 1. The maximum Gasteiger partial charge on any atom is 0.193 e. The molecule has 176 valence electrons. The Morgan fingerprint density at radius 1 is 1.16 bits per heavy atom.